The molecule has 0 aliphatic heterocycles. The second-order valence-electron chi connectivity index (χ2n) is 3.85. The van der Waals surface area contributed by atoms with Crippen molar-refractivity contribution in [1.82, 2.24) is 5.43 Å². The molecule has 0 bridgehead atoms. The predicted molar refractivity (Wildman–Crippen MR) is 69.3 cm³/mol. The first-order valence-electron chi connectivity index (χ1n) is 5.18. The molecule has 0 aliphatic carbocycles. The third-order valence-electron chi connectivity index (χ3n) is 2.41. The first-order valence-corrected chi connectivity index (χ1v) is 6.26. The fraction of sp³-hybridized carbons (Fsp3) is 0.455. The van der Waals surface area contributed by atoms with Crippen LogP contribution >= 0.6 is 22.6 Å². The quantitative estimate of drug-likeness (QED) is 0.483. The Morgan fingerprint density at radius 3 is 2.29 bits per heavy atom. The van der Waals surface area contributed by atoms with Gasteiger partial charge in [0.05, 0.1) is 0 Å². The number of alkyl halides is 3. The summed E-state index contributed by atoms with van der Waals surface area (Å²) in [6.07, 6.45) is -4.44. The Morgan fingerprint density at radius 2 is 1.82 bits per heavy atom. The standard InChI is InChI=1S/C11H14F3IN2/c12-11(13,14)6-5-10(17-16)7-8-1-3-9(15)4-2-8/h1-4,10,17H,5-7,16H2. The Bertz CT molecular complexity index is 338. The smallest absolute Gasteiger partial charge is 0.271 e. The second-order valence-corrected chi connectivity index (χ2v) is 5.09. The Kier molecular flexibility index (Phi) is 5.68. The van der Waals surface area contributed by atoms with Crippen molar-refractivity contribution in [1.29, 1.82) is 0 Å². The lowest BCUT2D eigenvalue weighted by Crippen LogP contribution is -2.37. The monoisotopic (exact) mass is 358 g/mol. The molecule has 0 saturated heterocycles. The first-order chi connectivity index (χ1) is 7.90. The van der Waals surface area contributed by atoms with Crippen LogP contribution in [0.1, 0.15) is 18.4 Å². The molecule has 0 aromatic heterocycles. The summed E-state index contributed by atoms with van der Waals surface area (Å²) in [5.74, 6) is 5.26. The molecule has 17 heavy (non-hydrogen) atoms. The number of hydrazine groups is 1. The van der Waals surface area contributed by atoms with Gasteiger partial charge in [0.2, 0.25) is 0 Å². The molecule has 2 nitrogen and oxygen atoms in total. The van der Waals surface area contributed by atoms with Crippen molar-refractivity contribution in [2.24, 2.45) is 5.84 Å². The van der Waals surface area contributed by atoms with Gasteiger partial charge in [-0.3, -0.25) is 11.3 Å². The molecule has 0 aliphatic rings. The minimum atomic E-state index is -4.12. The Morgan fingerprint density at radius 1 is 1.24 bits per heavy atom. The maximum atomic E-state index is 12.1. The van der Waals surface area contributed by atoms with E-state index in [1.165, 1.54) is 0 Å². The minimum absolute atomic E-state index is 0.00795. The number of hydrogen-bond donors (Lipinski definition) is 2. The van der Waals surface area contributed by atoms with Crippen LogP contribution in [0.5, 0.6) is 0 Å². The first kappa shape index (κ1) is 14.7. The van der Waals surface area contributed by atoms with Crippen molar-refractivity contribution in [2.75, 3.05) is 0 Å². The molecule has 1 aromatic carbocycles. The van der Waals surface area contributed by atoms with Gasteiger partial charge in [-0.1, -0.05) is 12.1 Å². The third kappa shape index (κ3) is 6.23. The number of rotatable bonds is 5. The van der Waals surface area contributed by atoms with Gasteiger partial charge in [-0.25, -0.2) is 0 Å². The Labute approximate surface area is 112 Å². The SMILES string of the molecule is NNC(CCC(F)(F)F)Cc1ccc(I)cc1. The van der Waals surface area contributed by atoms with E-state index < -0.39 is 12.6 Å². The van der Waals surface area contributed by atoms with E-state index in [1.54, 1.807) is 0 Å². The predicted octanol–water partition coefficient (Wildman–Crippen LogP) is 3.01. The average Bonchev–Trinajstić information content (AvgIpc) is 2.25. The number of hydrogen-bond acceptors (Lipinski definition) is 2. The van der Waals surface area contributed by atoms with E-state index in [1.807, 2.05) is 24.3 Å². The summed E-state index contributed by atoms with van der Waals surface area (Å²) in [6, 6.07) is 7.30. The van der Waals surface area contributed by atoms with Crippen molar-refractivity contribution in [3.8, 4) is 0 Å². The Hall–Kier alpha value is -0.340. The lowest BCUT2D eigenvalue weighted by molar-refractivity contribution is -0.136. The molecule has 96 valence electrons. The zero-order valence-electron chi connectivity index (χ0n) is 9.10. The van der Waals surface area contributed by atoms with Crippen LogP contribution in [0, 0.1) is 3.57 Å². The van der Waals surface area contributed by atoms with Gasteiger partial charge in [-0.15, -0.1) is 0 Å². The van der Waals surface area contributed by atoms with E-state index >= 15 is 0 Å². The fourth-order valence-electron chi connectivity index (χ4n) is 1.49. The van der Waals surface area contributed by atoms with Gasteiger partial charge in [0.15, 0.2) is 0 Å². The molecule has 0 heterocycles. The summed E-state index contributed by atoms with van der Waals surface area (Å²) in [6.45, 7) is 0. The molecule has 0 fully saturated rings. The van der Waals surface area contributed by atoms with E-state index in [4.69, 9.17) is 5.84 Å². The Balaban J connectivity index is 2.49. The highest BCUT2D eigenvalue weighted by Crippen LogP contribution is 2.23. The van der Waals surface area contributed by atoms with Gasteiger partial charge < -0.3 is 0 Å². The molecule has 1 atom stereocenters. The number of halogens is 4. The molecular weight excluding hydrogens is 344 g/mol. The highest BCUT2D eigenvalue weighted by molar-refractivity contribution is 14.1. The lowest BCUT2D eigenvalue weighted by atomic mass is 10.0. The highest BCUT2D eigenvalue weighted by atomic mass is 127. The fourth-order valence-corrected chi connectivity index (χ4v) is 1.85. The van der Waals surface area contributed by atoms with Gasteiger partial charge >= 0.3 is 6.18 Å². The zero-order valence-corrected chi connectivity index (χ0v) is 11.3. The van der Waals surface area contributed by atoms with Crippen LogP contribution in [0.15, 0.2) is 24.3 Å². The summed E-state index contributed by atoms with van der Waals surface area (Å²) >= 11 is 2.18. The summed E-state index contributed by atoms with van der Waals surface area (Å²) in [5, 5.41) is 0. The van der Waals surface area contributed by atoms with Crippen LogP contribution < -0.4 is 11.3 Å². The summed E-state index contributed by atoms with van der Waals surface area (Å²) < 4.78 is 37.3. The van der Waals surface area contributed by atoms with Gasteiger partial charge in [-0.2, -0.15) is 13.2 Å². The minimum Gasteiger partial charge on any atom is -0.271 e. The molecular formula is C11H14F3IN2. The van der Waals surface area contributed by atoms with Crippen molar-refractivity contribution in [3.63, 3.8) is 0 Å². The molecule has 1 rings (SSSR count). The number of nitrogens with two attached hydrogens (primary N) is 1. The summed E-state index contributed by atoms with van der Waals surface area (Å²) in [7, 11) is 0. The van der Waals surface area contributed by atoms with Crippen LogP contribution in [-0.4, -0.2) is 12.2 Å². The van der Waals surface area contributed by atoms with E-state index in [9.17, 15) is 13.2 Å². The van der Waals surface area contributed by atoms with E-state index in [2.05, 4.69) is 28.0 Å². The molecule has 3 N–H and O–H groups in total. The van der Waals surface area contributed by atoms with Crippen molar-refractivity contribution < 1.29 is 13.2 Å². The number of nitrogens with one attached hydrogen (secondary N) is 1. The maximum absolute atomic E-state index is 12.1. The van der Waals surface area contributed by atoms with Gasteiger partial charge in [-0.05, 0) is 53.1 Å². The van der Waals surface area contributed by atoms with E-state index in [-0.39, 0.29) is 12.5 Å². The molecule has 0 saturated carbocycles. The van der Waals surface area contributed by atoms with Crippen LogP contribution in [0.4, 0.5) is 13.2 Å². The van der Waals surface area contributed by atoms with Gasteiger partial charge in [0, 0.05) is 16.0 Å². The zero-order chi connectivity index (χ0) is 12.9. The summed E-state index contributed by atoms with van der Waals surface area (Å²) in [4.78, 5) is 0. The van der Waals surface area contributed by atoms with Gasteiger partial charge in [0.25, 0.3) is 0 Å². The van der Waals surface area contributed by atoms with Crippen molar-refractivity contribution in [3.05, 3.63) is 33.4 Å². The normalized spacial score (nSPS) is 13.7. The van der Waals surface area contributed by atoms with Crippen LogP contribution in [0.25, 0.3) is 0 Å². The largest absolute Gasteiger partial charge is 0.389 e. The van der Waals surface area contributed by atoms with Crippen molar-refractivity contribution in [2.45, 2.75) is 31.5 Å². The highest BCUT2D eigenvalue weighted by Gasteiger charge is 2.28. The molecule has 6 heteroatoms. The molecule has 0 spiro atoms. The lowest BCUT2D eigenvalue weighted by Gasteiger charge is -2.16. The van der Waals surface area contributed by atoms with Crippen molar-refractivity contribution >= 4 is 22.6 Å². The molecule has 1 unspecified atom stereocenters. The maximum Gasteiger partial charge on any atom is 0.389 e. The van der Waals surface area contributed by atoms with Crippen LogP contribution in [0.3, 0.4) is 0 Å². The van der Waals surface area contributed by atoms with Gasteiger partial charge in [0.1, 0.15) is 0 Å². The van der Waals surface area contributed by atoms with Crippen LogP contribution in [-0.2, 0) is 6.42 Å². The van der Waals surface area contributed by atoms with Crippen LogP contribution in [0.2, 0.25) is 0 Å². The molecule has 0 radical (unpaired) electrons. The summed E-state index contributed by atoms with van der Waals surface area (Å²) in [5.41, 5.74) is 3.42. The average molecular weight is 358 g/mol. The topological polar surface area (TPSA) is 38.0 Å². The van der Waals surface area contributed by atoms with E-state index in [0.29, 0.717) is 6.42 Å². The third-order valence-corrected chi connectivity index (χ3v) is 3.13. The number of benzene rings is 1. The second kappa shape index (κ2) is 6.55. The molecule has 0 amide bonds. The molecule has 1 aromatic rings. The van der Waals surface area contributed by atoms with E-state index in [0.717, 1.165) is 9.13 Å².